The lowest BCUT2D eigenvalue weighted by Crippen LogP contribution is -1.92. The first-order valence-electron chi connectivity index (χ1n) is 7.39. The summed E-state index contributed by atoms with van der Waals surface area (Å²) in [6.45, 7) is 0. The molecule has 2 heterocycles. The predicted octanol–water partition coefficient (Wildman–Crippen LogP) is 5.39. The van der Waals surface area contributed by atoms with Gasteiger partial charge in [-0.3, -0.25) is 0 Å². The summed E-state index contributed by atoms with van der Waals surface area (Å²) in [5, 5.41) is 9.75. The fourth-order valence-corrected chi connectivity index (χ4v) is 3.81. The molecule has 2 aromatic carbocycles. The van der Waals surface area contributed by atoms with Gasteiger partial charge in [-0.25, -0.2) is 14.4 Å². The minimum atomic E-state index is -0.262. The average molecular weight is 372 g/mol. The summed E-state index contributed by atoms with van der Waals surface area (Å²) in [5.74, 6) is 1.24. The van der Waals surface area contributed by atoms with Crippen molar-refractivity contribution in [3.05, 3.63) is 53.7 Å². The zero-order valence-corrected chi connectivity index (χ0v) is 14.7. The minimum Gasteiger partial charge on any atom is -0.497 e. The van der Waals surface area contributed by atoms with Crippen molar-refractivity contribution in [3.63, 3.8) is 0 Å². The molecule has 0 saturated carbocycles. The van der Waals surface area contributed by atoms with Gasteiger partial charge in [0.2, 0.25) is 0 Å². The van der Waals surface area contributed by atoms with Crippen molar-refractivity contribution in [1.82, 2.24) is 9.97 Å². The van der Waals surface area contributed by atoms with E-state index >= 15 is 0 Å². The molecule has 0 aliphatic carbocycles. The first kappa shape index (κ1) is 15.8. The number of benzene rings is 2. The van der Waals surface area contributed by atoms with Crippen molar-refractivity contribution >= 4 is 54.7 Å². The fraction of sp³-hybridized carbons (Fsp3) is 0.0588. The summed E-state index contributed by atoms with van der Waals surface area (Å²) in [4.78, 5) is 8.92. The van der Waals surface area contributed by atoms with Gasteiger partial charge in [-0.05, 0) is 42.5 Å². The molecule has 25 heavy (non-hydrogen) atoms. The molecule has 0 fully saturated rings. The maximum atomic E-state index is 13.3. The van der Waals surface area contributed by atoms with Crippen molar-refractivity contribution < 1.29 is 9.13 Å². The molecule has 0 amide bonds. The molecule has 0 atom stereocenters. The summed E-state index contributed by atoms with van der Waals surface area (Å²) >= 11 is 2.88. The lowest BCUT2D eigenvalue weighted by Gasteiger charge is -2.03. The van der Waals surface area contributed by atoms with E-state index in [1.807, 2.05) is 29.6 Å². The van der Waals surface area contributed by atoms with E-state index in [9.17, 15) is 4.39 Å². The first-order valence-corrected chi connectivity index (χ1v) is 9.09. The van der Waals surface area contributed by atoms with E-state index in [1.54, 1.807) is 13.2 Å². The van der Waals surface area contributed by atoms with Gasteiger partial charge < -0.3 is 15.4 Å². The van der Waals surface area contributed by atoms with Crippen molar-refractivity contribution in [3.8, 4) is 5.75 Å². The molecule has 4 aromatic rings. The van der Waals surface area contributed by atoms with Gasteiger partial charge in [0.05, 0.1) is 17.3 Å². The molecular weight excluding hydrogens is 359 g/mol. The summed E-state index contributed by atoms with van der Waals surface area (Å²) in [6, 6.07) is 12.2. The molecule has 0 spiro atoms. The molecule has 8 heteroatoms. The molecule has 0 bridgehead atoms. The van der Waals surface area contributed by atoms with Crippen LogP contribution in [0, 0.1) is 5.82 Å². The summed E-state index contributed by atoms with van der Waals surface area (Å²) < 4.78 is 19.2. The average Bonchev–Trinajstić information content (AvgIpc) is 3.21. The van der Waals surface area contributed by atoms with Crippen molar-refractivity contribution in [1.29, 1.82) is 0 Å². The number of methoxy groups -OCH3 is 1. The smallest absolute Gasteiger partial charge is 0.189 e. The van der Waals surface area contributed by atoms with Crippen LogP contribution in [0.4, 0.5) is 26.2 Å². The highest BCUT2D eigenvalue weighted by atomic mass is 32.1. The number of thiazole rings is 2. The van der Waals surface area contributed by atoms with E-state index in [4.69, 9.17) is 4.74 Å². The van der Waals surface area contributed by atoms with Gasteiger partial charge in [0.25, 0.3) is 0 Å². The standard InChI is InChI=1S/C17H13FN4OS2/c1-23-12-5-3-11(4-6-12)19-16-21-15(9-24-16)22-17-20-13-7-2-10(18)8-14(13)25-17/h2-9H,1H3,(H,19,21)(H,20,22). The zero-order chi connectivity index (χ0) is 17.2. The molecule has 0 aliphatic rings. The Kier molecular flexibility index (Phi) is 4.21. The minimum absolute atomic E-state index is 0.262. The predicted molar refractivity (Wildman–Crippen MR) is 101 cm³/mol. The number of halogens is 1. The number of nitrogens with one attached hydrogen (secondary N) is 2. The van der Waals surface area contributed by atoms with E-state index in [2.05, 4.69) is 20.6 Å². The molecule has 0 aliphatic heterocycles. The second-order valence-corrected chi connectivity index (χ2v) is 7.04. The Morgan fingerprint density at radius 3 is 2.64 bits per heavy atom. The SMILES string of the molecule is COc1ccc(Nc2nc(Nc3nc4ccc(F)cc4s3)cs2)cc1. The third-order valence-corrected chi connectivity index (χ3v) is 5.12. The van der Waals surface area contributed by atoms with Gasteiger partial charge in [0.1, 0.15) is 17.4 Å². The summed E-state index contributed by atoms with van der Waals surface area (Å²) in [5.41, 5.74) is 1.69. The Morgan fingerprint density at radius 2 is 1.84 bits per heavy atom. The van der Waals surface area contributed by atoms with Crippen LogP contribution in [-0.4, -0.2) is 17.1 Å². The number of nitrogens with zero attached hydrogens (tertiary/aromatic N) is 2. The Balaban J connectivity index is 1.48. The number of ether oxygens (including phenoxy) is 1. The van der Waals surface area contributed by atoms with E-state index < -0.39 is 0 Å². The van der Waals surface area contributed by atoms with E-state index in [1.165, 1.54) is 34.8 Å². The largest absolute Gasteiger partial charge is 0.497 e. The fourth-order valence-electron chi connectivity index (χ4n) is 2.25. The Hall–Kier alpha value is -2.71. The Morgan fingerprint density at radius 1 is 1.00 bits per heavy atom. The van der Waals surface area contributed by atoms with Crippen molar-refractivity contribution in [2.45, 2.75) is 0 Å². The Labute approximate surface area is 151 Å². The van der Waals surface area contributed by atoms with Gasteiger partial charge in [-0.15, -0.1) is 11.3 Å². The normalized spacial score (nSPS) is 10.8. The maximum absolute atomic E-state index is 13.3. The van der Waals surface area contributed by atoms with Gasteiger partial charge in [-0.2, -0.15) is 0 Å². The second kappa shape index (κ2) is 6.66. The highest BCUT2D eigenvalue weighted by Crippen LogP contribution is 2.31. The van der Waals surface area contributed by atoms with Crippen LogP contribution in [0.1, 0.15) is 0 Å². The number of fused-ring (bicyclic) bond motifs is 1. The molecule has 0 saturated heterocycles. The van der Waals surface area contributed by atoms with Gasteiger partial charge in [0.15, 0.2) is 10.3 Å². The quantitative estimate of drug-likeness (QED) is 0.492. The summed E-state index contributed by atoms with van der Waals surface area (Å²) in [6.07, 6.45) is 0. The third-order valence-electron chi connectivity index (χ3n) is 3.43. The monoisotopic (exact) mass is 372 g/mol. The van der Waals surface area contributed by atoms with Crippen LogP contribution in [0.5, 0.6) is 5.75 Å². The molecular formula is C17H13FN4OS2. The number of aromatic nitrogens is 2. The number of hydrogen-bond donors (Lipinski definition) is 2. The van der Waals surface area contributed by atoms with Crippen LogP contribution in [0.3, 0.4) is 0 Å². The topological polar surface area (TPSA) is 59.1 Å². The lowest BCUT2D eigenvalue weighted by molar-refractivity contribution is 0.415. The van der Waals surface area contributed by atoms with Crippen LogP contribution in [-0.2, 0) is 0 Å². The zero-order valence-electron chi connectivity index (χ0n) is 13.1. The van der Waals surface area contributed by atoms with Crippen molar-refractivity contribution in [2.24, 2.45) is 0 Å². The highest BCUT2D eigenvalue weighted by Gasteiger charge is 2.08. The molecule has 126 valence electrons. The third kappa shape index (κ3) is 3.54. The van der Waals surface area contributed by atoms with E-state index in [0.29, 0.717) is 10.9 Å². The molecule has 4 rings (SSSR count). The van der Waals surface area contributed by atoms with Crippen LogP contribution in [0.25, 0.3) is 10.2 Å². The van der Waals surface area contributed by atoms with Gasteiger partial charge in [0, 0.05) is 11.1 Å². The lowest BCUT2D eigenvalue weighted by atomic mass is 10.3. The maximum Gasteiger partial charge on any atom is 0.189 e. The molecule has 0 unspecified atom stereocenters. The van der Waals surface area contributed by atoms with Gasteiger partial charge in [-0.1, -0.05) is 11.3 Å². The summed E-state index contributed by atoms with van der Waals surface area (Å²) in [7, 11) is 1.64. The Bertz CT molecular complexity index is 1010. The molecule has 2 aromatic heterocycles. The van der Waals surface area contributed by atoms with Crippen LogP contribution in [0.15, 0.2) is 47.8 Å². The highest BCUT2D eigenvalue weighted by molar-refractivity contribution is 7.22. The number of rotatable bonds is 5. The number of anilines is 4. The van der Waals surface area contributed by atoms with E-state index in [-0.39, 0.29) is 5.82 Å². The first-order chi connectivity index (χ1) is 12.2. The van der Waals surface area contributed by atoms with Gasteiger partial charge >= 0.3 is 0 Å². The molecule has 5 nitrogen and oxygen atoms in total. The van der Waals surface area contributed by atoms with Crippen LogP contribution in [0.2, 0.25) is 0 Å². The van der Waals surface area contributed by atoms with Crippen molar-refractivity contribution in [2.75, 3.05) is 17.7 Å². The van der Waals surface area contributed by atoms with E-state index in [0.717, 1.165) is 26.8 Å². The van der Waals surface area contributed by atoms with Crippen LogP contribution < -0.4 is 15.4 Å². The number of hydrogen-bond acceptors (Lipinski definition) is 7. The molecule has 0 radical (unpaired) electrons. The van der Waals surface area contributed by atoms with Crippen LogP contribution >= 0.6 is 22.7 Å². The second-order valence-electron chi connectivity index (χ2n) is 5.15. The molecule has 2 N–H and O–H groups in total.